The molecule has 126 valence electrons. The van der Waals surface area contributed by atoms with Crippen LogP contribution in [0, 0.1) is 0 Å². The Kier molecular flexibility index (Phi) is 3.84. The maximum atomic E-state index is 12.9. The normalized spacial score (nSPS) is 14.5. The molecule has 0 aromatic heterocycles. The van der Waals surface area contributed by atoms with Gasteiger partial charge in [0, 0.05) is 41.7 Å². The molecule has 0 aliphatic carbocycles. The summed E-state index contributed by atoms with van der Waals surface area (Å²) in [5.41, 5.74) is 2.25. The third-order valence-corrected chi connectivity index (χ3v) is 4.44. The van der Waals surface area contributed by atoms with E-state index in [1.54, 1.807) is 0 Å². The van der Waals surface area contributed by atoms with Crippen molar-refractivity contribution in [3.63, 3.8) is 0 Å². The summed E-state index contributed by atoms with van der Waals surface area (Å²) in [6.07, 6.45) is 0. The average molecular weight is 326 g/mol. The van der Waals surface area contributed by atoms with Crippen LogP contribution in [-0.4, -0.2) is 69.5 Å². The third-order valence-electron chi connectivity index (χ3n) is 4.44. The number of hydrogen-bond donors (Lipinski definition) is 0. The Bertz CT molecular complexity index is 812. The van der Waals surface area contributed by atoms with Crippen LogP contribution in [0.5, 0.6) is 0 Å². The van der Waals surface area contributed by atoms with Crippen molar-refractivity contribution in [3.8, 4) is 0 Å². The summed E-state index contributed by atoms with van der Waals surface area (Å²) in [5, 5.41) is 1.73. The van der Waals surface area contributed by atoms with Crippen molar-refractivity contribution in [1.82, 2.24) is 4.90 Å². The number of likely N-dealkylation sites (N-methyl/N-ethyl adjacent to an activating group) is 1. The van der Waals surface area contributed by atoms with E-state index in [9.17, 15) is 9.59 Å². The highest BCUT2D eigenvalue weighted by molar-refractivity contribution is 6.26. The predicted octanol–water partition coefficient (Wildman–Crippen LogP) is 2.21. The molecule has 5 nitrogen and oxygen atoms in total. The van der Waals surface area contributed by atoms with Crippen molar-refractivity contribution in [2.75, 3.05) is 53.2 Å². The summed E-state index contributed by atoms with van der Waals surface area (Å²) in [5.74, 6) is -0.384. The molecule has 0 fully saturated rings. The minimum Gasteiger partial charge on any atom is -0.377 e. The van der Waals surface area contributed by atoms with E-state index in [0.29, 0.717) is 22.2 Å². The molecule has 2 aromatic rings. The molecule has 0 N–H and O–H groups in total. The number of carbonyl (C=O) groups excluding carboxylic acids is 2. The third kappa shape index (κ3) is 2.65. The number of carbonyl (C=O) groups is 2. The van der Waals surface area contributed by atoms with Crippen LogP contribution in [0.25, 0.3) is 10.8 Å². The fraction of sp³-hybridized carbons (Fsp3) is 0.368. The second kappa shape index (κ2) is 5.60. The summed E-state index contributed by atoms with van der Waals surface area (Å²) in [6.45, 7) is 1.14. The Balaban J connectivity index is 2.13. The quantitative estimate of drug-likeness (QED) is 0.639. The van der Waals surface area contributed by atoms with Crippen LogP contribution in [0.2, 0.25) is 0 Å². The summed E-state index contributed by atoms with van der Waals surface area (Å²) in [6, 6.07) is 9.47. The van der Waals surface area contributed by atoms with Crippen LogP contribution >= 0.6 is 0 Å². The fourth-order valence-electron chi connectivity index (χ4n) is 3.12. The van der Waals surface area contributed by atoms with E-state index in [4.69, 9.17) is 0 Å². The van der Waals surface area contributed by atoms with E-state index in [1.807, 2.05) is 49.3 Å². The fourth-order valence-corrected chi connectivity index (χ4v) is 3.12. The Morgan fingerprint density at radius 2 is 1.58 bits per heavy atom. The van der Waals surface area contributed by atoms with Crippen LogP contribution in [0.1, 0.15) is 20.7 Å². The van der Waals surface area contributed by atoms with Crippen LogP contribution in [0.15, 0.2) is 30.3 Å². The molecule has 0 saturated heterocycles. The van der Waals surface area contributed by atoms with E-state index in [1.165, 1.54) is 4.90 Å². The molecule has 1 aliphatic heterocycles. The first-order chi connectivity index (χ1) is 11.2. The van der Waals surface area contributed by atoms with Crippen molar-refractivity contribution in [3.05, 3.63) is 41.5 Å². The molecule has 3 rings (SSSR count). The minimum absolute atomic E-state index is 0.192. The van der Waals surface area contributed by atoms with Gasteiger partial charge in [-0.05, 0) is 18.2 Å². The van der Waals surface area contributed by atoms with Crippen LogP contribution in [0.4, 0.5) is 5.69 Å². The van der Waals surface area contributed by atoms with E-state index in [-0.39, 0.29) is 11.8 Å². The summed E-state index contributed by atoms with van der Waals surface area (Å²) in [4.78, 5) is 29.2. The Morgan fingerprint density at radius 1 is 0.958 bits per heavy atom. The SMILES string of the molecule is CN(C)c1ccc2c3c(cccc13)C(=O)N(CC[N+](C)(C)C)C2=O. The minimum atomic E-state index is -0.192. The molecule has 24 heavy (non-hydrogen) atoms. The van der Waals surface area contributed by atoms with Gasteiger partial charge in [0.05, 0.1) is 34.2 Å². The maximum Gasteiger partial charge on any atom is 0.261 e. The first-order valence-corrected chi connectivity index (χ1v) is 8.10. The second-order valence-electron chi connectivity index (χ2n) is 7.53. The van der Waals surface area contributed by atoms with Gasteiger partial charge in [0.25, 0.3) is 11.8 Å². The molecule has 0 spiro atoms. The molecule has 0 saturated carbocycles. The van der Waals surface area contributed by atoms with Crippen molar-refractivity contribution >= 4 is 28.3 Å². The lowest BCUT2D eigenvalue weighted by Crippen LogP contribution is -2.47. The van der Waals surface area contributed by atoms with Gasteiger partial charge in [0.1, 0.15) is 0 Å². The molecule has 0 atom stereocenters. The molecule has 0 bridgehead atoms. The number of benzene rings is 2. The summed E-state index contributed by atoms with van der Waals surface area (Å²) < 4.78 is 0.702. The monoisotopic (exact) mass is 326 g/mol. The smallest absolute Gasteiger partial charge is 0.261 e. The van der Waals surface area contributed by atoms with E-state index in [0.717, 1.165) is 23.0 Å². The van der Waals surface area contributed by atoms with Gasteiger partial charge < -0.3 is 9.38 Å². The molecule has 2 amide bonds. The summed E-state index contributed by atoms with van der Waals surface area (Å²) >= 11 is 0. The average Bonchev–Trinajstić information content (AvgIpc) is 2.50. The van der Waals surface area contributed by atoms with E-state index < -0.39 is 0 Å². The molecule has 0 unspecified atom stereocenters. The standard InChI is InChI=1S/C19H24N3O2/c1-20(2)16-10-9-15-17-13(16)7-6-8-14(17)18(23)21(19(15)24)11-12-22(3,4)5/h6-10H,11-12H2,1-5H3/q+1. The first kappa shape index (κ1) is 16.5. The molecule has 5 heteroatoms. The zero-order valence-corrected chi connectivity index (χ0v) is 15.0. The number of anilines is 1. The lowest BCUT2D eigenvalue weighted by atomic mass is 9.93. The highest BCUT2D eigenvalue weighted by atomic mass is 16.2. The van der Waals surface area contributed by atoms with Crippen LogP contribution < -0.4 is 4.90 Å². The lowest BCUT2D eigenvalue weighted by Gasteiger charge is -2.31. The van der Waals surface area contributed by atoms with Gasteiger partial charge in [0.2, 0.25) is 0 Å². The van der Waals surface area contributed by atoms with Gasteiger partial charge >= 0.3 is 0 Å². The lowest BCUT2D eigenvalue weighted by molar-refractivity contribution is -0.869. The van der Waals surface area contributed by atoms with Gasteiger partial charge in [-0.2, -0.15) is 0 Å². The molecule has 0 radical (unpaired) electrons. The van der Waals surface area contributed by atoms with Gasteiger partial charge in [-0.15, -0.1) is 0 Å². The molecule has 1 heterocycles. The summed E-state index contributed by atoms with van der Waals surface area (Å²) in [7, 11) is 10.1. The molecular weight excluding hydrogens is 302 g/mol. The largest absolute Gasteiger partial charge is 0.377 e. The number of hydrogen-bond acceptors (Lipinski definition) is 3. The van der Waals surface area contributed by atoms with E-state index in [2.05, 4.69) is 21.1 Å². The molecule has 2 aromatic carbocycles. The van der Waals surface area contributed by atoms with Crippen molar-refractivity contribution < 1.29 is 14.1 Å². The molecule has 1 aliphatic rings. The first-order valence-electron chi connectivity index (χ1n) is 8.10. The number of rotatable bonds is 4. The Hall–Kier alpha value is -2.40. The second-order valence-corrected chi connectivity index (χ2v) is 7.53. The topological polar surface area (TPSA) is 40.6 Å². The van der Waals surface area contributed by atoms with Gasteiger partial charge in [-0.3, -0.25) is 14.5 Å². The zero-order valence-electron chi connectivity index (χ0n) is 15.0. The van der Waals surface area contributed by atoms with E-state index >= 15 is 0 Å². The van der Waals surface area contributed by atoms with Crippen LogP contribution in [0.3, 0.4) is 0 Å². The van der Waals surface area contributed by atoms with Crippen molar-refractivity contribution in [2.45, 2.75) is 0 Å². The number of quaternary nitrogens is 1. The van der Waals surface area contributed by atoms with Gasteiger partial charge in [-0.1, -0.05) is 12.1 Å². The zero-order chi connectivity index (χ0) is 17.6. The highest BCUT2D eigenvalue weighted by Crippen LogP contribution is 2.35. The predicted molar refractivity (Wildman–Crippen MR) is 96.5 cm³/mol. The van der Waals surface area contributed by atoms with Crippen molar-refractivity contribution in [2.24, 2.45) is 0 Å². The maximum absolute atomic E-state index is 12.9. The highest BCUT2D eigenvalue weighted by Gasteiger charge is 2.34. The van der Waals surface area contributed by atoms with Gasteiger partial charge in [-0.25, -0.2) is 0 Å². The number of amides is 2. The Labute approximate surface area is 142 Å². The number of nitrogens with zero attached hydrogens (tertiary/aromatic N) is 3. The number of imide groups is 1. The molecular formula is C19H24N3O2+. The Morgan fingerprint density at radius 3 is 2.17 bits per heavy atom. The van der Waals surface area contributed by atoms with Gasteiger partial charge in [0.15, 0.2) is 0 Å². The van der Waals surface area contributed by atoms with Crippen LogP contribution in [-0.2, 0) is 0 Å². The van der Waals surface area contributed by atoms with Crippen molar-refractivity contribution in [1.29, 1.82) is 0 Å².